The van der Waals surface area contributed by atoms with Crippen molar-refractivity contribution >= 4 is 11.9 Å². The van der Waals surface area contributed by atoms with Gasteiger partial charge in [-0.25, -0.2) is 14.6 Å². The molecular formula is C10H9NO4. The van der Waals surface area contributed by atoms with Gasteiger partial charge in [0.1, 0.15) is 5.69 Å². The molecule has 1 heterocycles. The van der Waals surface area contributed by atoms with Crippen LogP contribution in [-0.4, -0.2) is 27.1 Å². The Morgan fingerprint density at radius 2 is 1.93 bits per heavy atom. The highest BCUT2D eigenvalue weighted by Gasteiger charge is 2.23. The average molecular weight is 207 g/mol. The first kappa shape index (κ1) is 9.64. The topological polar surface area (TPSA) is 87.5 Å². The number of aromatic carboxylic acids is 2. The number of carbonyl (C=O) groups is 2. The van der Waals surface area contributed by atoms with Crippen LogP contribution in [0.4, 0.5) is 0 Å². The number of carboxylic acid groups (broad SMARTS) is 2. The largest absolute Gasteiger partial charge is 0.478 e. The zero-order valence-electron chi connectivity index (χ0n) is 7.86. The van der Waals surface area contributed by atoms with Crippen LogP contribution in [0.15, 0.2) is 6.07 Å². The van der Waals surface area contributed by atoms with Crippen LogP contribution in [0.1, 0.15) is 38.5 Å². The number of hydrogen-bond donors (Lipinski definition) is 2. The second-order valence-electron chi connectivity index (χ2n) is 3.44. The standard InChI is InChI=1S/C10H9NO4/c12-9(13)6-4-8(10(14)15)11-7-3-1-2-5(6)7/h4H,1-3H2,(H,12,13)(H,14,15). The predicted octanol–water partition coefficient (Wildman–Crippen LogP) is 0.967. The van der Waals surface area contributed by atoms with Crippen molar-refractivity contribution in [3.8, 4) is 0 Å². The Balaban J connectivity index is 2.62. The molecule has 0 radical (unpaired) electrons. The van der Waals surface area contributed by atoms with E-state index in [0.717, 1.165) is 12.5 Å². The molecule has 5 nitrogen and oxygen atoms in total. The molecule has 15 heavy (non-hydrogen) atoms. The van der Waals surface area contributed by atoms with Crippen LogP contribution in [-0.2, 0) is 12.8 Å². The molecule has 0 atom stereocenters. The van der Waals surface area contributed by atoms with Gasteiger partial charge < -0.3 is 10.2 Å². The number of nitrogens with zero attached hydrogens (tertiary/aromatic N) is 1. The SMILES string of the molecule is O=C(O)c1cc(C(=O)O)c2c(n1)CCC2. The van der Waals surface area contributed by atoms with E-state index in [2.05, 4.69) is 4.98 Å². The van der Waals surface area contributed by atoms with Gasteiger partial charge in [0, 0.05) is 5.69 Å². The smallest absolute Gasteiger partial charge is 0.354 e. The molecule has 2 N–H and O–H groups in total. The maximum Gasteiger partial charge on any atom is 0.354 e. The van der Waals surface area contributed by atoms with Gasteiger partial charge in [0.25, 0.3) is 0 Å². The van der Waals surface area contributed by atoms with Crippen LogP contribution in [0.25, 0.3) is 0 Å². The summed E-state index contributed by atoms with van der Waals surface area (Å²) < 4.78 is 0. The lowest BCUT2D eigenvalue weighted by Crippen LogP contribution is -2.09. The van der Waals surface area contributed by atoms with E-state index in [1.54, 1.807) is 0 Å². The number of aryl methyl sites for hydroxylation is 1. The molecule has 0 saturated carbocycles. The summed E-state index contributed by atoms with van der Waals surface area (Å²) in [7, 11) is 0. The molecule has 0 unspecified atom stereocenters. The summed E-state index contributed by atoms with van der Waals surface area (Å²) in [5.41, 5.74) is 1.20. The fourth-order valence-electron chi connectivity index (χ4n) is 1.84. The summed E-state index contributed by atoms with van der Waals surface area (Å²) in [5, 5.41) is 17.7. The van der Waals surface area contributed by atoms with E-state index in [0.29, 0.717) is 24.1 Å². The van der Waals surface area contributed by atoms with Crippen molar-refractivity contribution in [3.05, 3.63) is 28.6 Å². The quantitative estimate of drug-likeness (QED) is 0.754. The molecule has 0 aliphatic heterocycles. The summed E-state index contributed by atoms with van der Waals surface area (Å²) in [6, 6.07) is 1.13. The first-order valence-electron chi connectivity index (χ1n) is 4.59. The van der Waals surface area contributed by atoms with Gasteiger partial charge >= 0.3 is 11.9 Å². The molecule has 0 amide bonds. The van der Waals surface area contributed by atoms with Crippen molar-refractivity contribution in [1.29, 1.82) is 0 Å². The van der Waals surface area contributed by atoms with Gasteiger partial charge in [0.15, 0.2) is 0 Å². The summed E-state index contributed by atoms with van der Waals surface area (Å²) in [6.45, 7) is 0. The van der Waals surface area contributed by atoms with E-state index in [1.807, 2.05) is 0 Å². The van der Waals surface area contributed by atoms with E-state index in [-0.39, 0.29) is 11.3 Å². The van der Waals surface area contributed by atoms with Crippen LogP contribution in [0.3, 0.4) is 0 Å². The first-order valence-corrected chi connectivity index (χ1v) is 4.59. The van der Waals surface area contributed by atoms with Crippen LogP contribution >= 0.6 is 0 Å². The predicted molar refractivity (Wildman–Crippen MR) is 50.2 cm³/mol. The first-order chi connectivity index (χ1) is 7.09. The highest BCUT2D eigenvalue weighted by Crippen LogP contribution is 2.24. The van der Waals surface area contributed by atoms with Crippen molar-refractivity contribution in [2.45, 2.75) is 19.3 Å². The zero-order valence-corrected chi connectivity index (χ0v) is 7.86. The van der Waals surface area contributed by atoms with Gasteiger partial charge in [-0.1, -0.05) is 0 Å². The Labute approximate surface area is 85.4 Å². The molecule has 2 rings (SSSR count). The van der Waals surface area contributed by atoms with Crippen molar-refractivity contribution in [1.82, 2.24) is 4.98 Å². The molecule has 5 heteroatoms. The monoisotopic (exact) mass is 207 g/mol. The highest BCUT2D eigenvalue weighted by molar-refractivity contribution is 5.94. The van der Waals surface area contributed by atoms with Crippen LogP contribution in [0, 0.1) is 0 Å². The van der Waals surface area contributed by atoms with Gasteiger partial charge in [-0.3, -0.25) is 0 Å². The molecule has 1 aromatic rings. The fourth-order valence-corrected chi connectivity index (χ4v) is 1.84. The van der Waals surface area contributed by atoms with Gasteiger partial charge in [-0.2, -0.15) is 0 Å². The van der Waals surface area contributed by atoms with Crippen molar-refractivity contribution in [3.63, 3.8) is 0 Å². The number of rotatable bonds is 2. The molecule has 0 saturated heterocycles. The van der Waals surface area contributed by atoms with E-state index in [4.69, 9.17) is 10.2 Å². The molecule has 0 spiro atoms. The number of hydrogen-bond acceptors (Lipinski definition) is 3. The van der Waals surface area contributed by atoms with Crippen molar-refractivity contribution in [2.75, 3.05) is 0 Å². The molecule has 1 aliphatic rings. The Kier molecular flexibility index (Phi) is 2.15. The Bertz CT molecular complexity index is 453. The van der Waals surface area contributed by atoms with Crippen LogP contribution in [0.2, 0.25) is 0 Å². The normalized spacial score (nSPS) is 13.6. The van der Waals surface area contributed by atoms with E-state index >= 15 is 0 Å². The minimum Gasteiger partial charge on any atom is -0.478 e. The molecule has 0 aromatic carbocycles. The van der Waals surface area contributed by atoms with Crippen LogP contribution in [0.5, 0.6) is 0 Å². The lowest BCUT2D eigenvalue weighted by atomic mass is 10.1. The van der Waals surface area contributed by atoms with Gasteiger partial charge in [0.05, 0.1) is 5.56 Å². The third-order valence-electron chi connectivity index (χ3n) is 2.50. The molecule has 78 valence electrons. The molecule has 1 aliphatic carbocycles. The summed E-state index contributed by atoms with van der Waals surface area (Å²) in [6.07, 6.45) is 2.17. The van der Waals surface area contributed by atoms with Gasteiger partial charge in [-0.05, 0) is 30.9 Å². The number of aromatic nitrogens is 1. The fraction of sp³-hybridized carbons (Fsp3) is 0.300. The third kappa shape index (κ3) is 1.56. The molecular weight excluding hydrogens is 198 g/mol. The number of pyridine rings is 1. The van der Waals surface area contributed by atoms with Gasteiger partial charge in [-0.15, -0.1) is 0 Å². The Morgan fingerprint density at radius 3 is 2.53 bits per heavy atom. The summed E-state index contributed by atoms with van der Waals surface area (Å²) in [4.78, 5) is 25.6. The Morgan fingerprint density at radius 1 is 1.20 bits per heavy atom. The van der Waals surface area contributed by atoms with Crippen LogP contribution < -0.4 is 0 Å². The Hall–Kier alpha value is -1.91. The minimum absolute atomic E-state index is 0.0786. The maximum atomic E-state index is 10.9. The number of carboxylic acids is 2. The lowest BCUT2D eigenvalue weighted by Gasteiger charge is -2.04. The maximum absolute atomic E-state index is 10.9. The van der Waals surface area contributed by atoms with Gasteiger partial charge in [0.2, 0.25) is 0 Å². The van der Waals surface area contributed by atoms with E-state index in [9.17, 15) is 9.59 Å². The second-order valence-corrected chi connectivity index (χ2v) is 3.44. The summed E-state index contributed by atoms with van der Waals surface area (Å²) in [5.74, 6) is -2.27. The lowest BCUT2D eigenvalue weighted by molar-refractivity contribution is 0.0690. The highest BCUT2D eigenvalue weighted by atomic mass is 16.4. The summed E-state index contributed by atoms with van der Waals surface area (Å²) >= 11 is 0. The third-order valence-corrected chi connectivity index (χ3v) is 2.50. The van der Waals surface area contributed by atoms with E-state index < -0.39 is 11.9 Å². The molecule has 0 bridgehead atoms. The second kappa shape index (κ2) is 3.34. The average Bonchev–Trinajstić information content (AvgIpc) is 2.62. The zero-order chi connectivity index (χ0) is 11.0. The van der Waals surface area contributed by atoms with E-state index in [1.165, 1.54) is 0 Å². The number of fused-ring (bicyclic) bond motifs is 1. The van der Waals surface area contributed by atoms with Crippen molar-refractivity contribution < 1.29 is 19.8 Å². The van der Waals surface area contributed by atoms with Crippen molar-refractivity contribution in [2.24, 2.45) is 0 Å². The molecule has 0 fully saturated rings. The molecule has 1 aromatic heterocycles. The minimum atomic E-state index is -1.19.